The number of hydrogen-bond donors (Lipinski definition) is 1. The Bertz CT molecular complexity index is 146. The van der Waals surface area contributed by atoms with Gasteiger partial charge in [-0.1, -0.05) is 13.3 Å². The van der Waals surface area contributed by atoms with E-state index in [1.54, 1.807) is 0 Å². The zero-order valence-electron chi connectivity index (χ0n) is 8.34. The van der Waals surface area contributed by atoms with Crippen molar-refractivity contribution in [2.75, 3.05) is 6.54 Å². The molecule has 0 aromatic rings. The first kappa shape index (κ1) is 12.1. The molecule has 0 aliphatic carbocycles. The van der Waals surface area contributed by atoms with E-state index in [2.05, 4.69) is 12.2 Å². The molecule has 3 nitrogen and oxygen atoms in total. The first-order valence-electron chi connectivity index (χ1n) is 5.01. The highest BCUT2D eigenvalue weighted by molar-refractivity contribution is 5.75. The molecule has 0 aliphatic rings. The van der Waals surface area contributed by atoms with Gasteiger partial charge in [0.05, 0.1) is 0 Å². The fourth-order valence-corrected chi connectivity index (χ4v) is 1.01. The van der Waals surface area contributed by atoms with E-state index in [-0.39, 0.29) is 5.91 Å². The monoisotopic (exact) mass is 185 g/mol. The second-order valence-corrected chi connectivity index (χ2v) is 3.12. The van der Waals surface area contributed by atoms with Crippen LogP contribution in [-0.2, 0) is 9.59 Å². The molecule has 76 valence electrons. The van der Waals surface area contributed by atoms with Crippen LogP contribution < -0.4 is 5.32 Å². The number of aldehydes is 1. The minimum Gasteiger partial charge on any atom is -0.356 e. The Morgan fingerprint density at radius 3 is 2.69 bits per heavy atom. The summed E-state index contributed by atoms with van der Waals surface area (Å²) in [5.74, 6) is 0.132. The van der Waals surface area contributed by atoms with Crippen molar-refractivity contribution in [1.82, 2.24) is 5.32 Å². The second kappa shape index (κ2) is 9.23. The van der Waals surface area contributed by atoms with E-state index in [4.69, 9.17) is 0 Å². The molecule has 0 aromatic carbocycles. The molecule has 1 amide bonds. The third-order valence-corrected chi connectivity index (χ3v) is 1.83. The van der Waals surface area contributed by atoms with Gasteiger partial charge in [0.15, 0.2) is 0 Å². The van der Waals surface area contributed by atoms with Crippen molar-refractivity contribution < 1.29 is 9.59 Å². The van der Waals surface area contributed by atoms with Crippen molar-refractivity contribution >= 4 is 12.2 Å². The average Bonchev–Trinajstić information content (AvgIpc) is 2.14. The van der Waals surface area contributed by atoms with Gasteiger partial charge in [0.2, 0.25) is 5.91 Å². The molecule has 0 spiro atoms. The number of unbranched alkanes of at least 4 members (excludes halogenated alkanes) is 3. The number of carbonyl (C=O) groups excluding carboxylic acids is 2. The van der Waals surface area contributed by atoms with E-state index >= 15 is 0 Å². The number of nitrogens with one attached hydrogen (secondary N) is 1. The standard InChI is InChI=1S/C10H19NO2/c1-2-3-7-10(13)11-8-5-4-6-9-12/h9H,2-8H2,1H3,(H,11,13). The molecule has 0 saturated heterocycles. The van der Waals surface area contributed by atoms with E-state index in [1.807, 2.05) is 0 Å². The average molecular weight is 185 g/mol. The molecule has 0 aliphatic heterocycles. The first-order chi connectivity index (χ1) is 6.31. The summed E-state index contributed by atoms with van der Waals surface area (Å²) in [6.45, 7) is 2.77. The normalized spacial score (nSPS) is 9.62. The minimum atomic E-state index is 0.132. The Morgan fingerprint density at radius 2 is 2.08 bits per heavy atom. The number of hydrogen-bond acceptors (Lipinski definition) is 2. The maximum atomic E-state index is 11.1. The van der Waals surface area contributed by atoms with E-state index in [0.29, 0.717) is 19.4 Å². The first-order valence-corrected chi connectivity index (χ1v) is 5.01. The van der Waals surface area contributed by atoms with Gasteiger partial charge in [0.1, 0.15) is 6.29 Å². The van der Waals surface area contributed by atoms with Crippen LogP contribution in [0.5, 0.6) is 0 Å². The van der Waals surface area contributed by atoms with E-state index in [1.165, 1.54) is 0 Å². The highest BCUT2D eigenvalue weighted by atomic mass is 16.1. The van der Waals surface area contributed by atoms with Crippen molar-refractivity contribution in [3.8, 4) is 0 Å². The molecule has 13 heavy (non-hydrogen) atoms. The summed E-state index contributed by atoms with van der Waals surface area (Å²) >= 11 is 0. The Hall–Kier alpha value is -0.860. The van der Waals surface area contributed by atoms with Crippen molar-refractivity contribution in [1.29, 1.82) is 0 Å². The van der Waals surface area contributed by atoms with E-state index < -0.39 is 0 Å². The number of amides is 1. The lowest BCUT2D eigenvalue weighted by Gasteiger charge is -2.02. The fourth-order valence-electron chi connectivity index (χ4n) is 1.01. The van der Waals surface area contributed by atoms with Crippen LogP contribution in [0.3, 0.4) is 0 Å². The van der Waals surface area contributed by atoms with Crippen LogP contribution in [0.25, 0.3) is 0 Å². The molecule has 3 heteroatoms. The largest absolute Gasteiger partial charge is 0.356 e. The molecule has 0 unspecified atom stereocenters. The lowest BCUT2D eigenvalue weighted by Crippen LogP contribution is -2.23. The van der Waals surface area contributed by atoms with Gasteiger partial charge in [-0.2, -0.15) is 0 Å². The summed E-state index contributed by atoms with van der Waals surface area (Å²) in [6.07, 6.45) is 5.93. The zero-order chi connectivity index (χ0) is 9.94. The highest BCUT2D eigenvalue weighted by Gasteiger charge is 1.97. The van der Waals surface area contributed by atoms with E-state index in [0.717, 1.165) is 32.0 Å². The molecule has 0 aromatic heterocycles. The van der Waals surface area contributed by atoms with Crippen LogP contribution in [-0.4, -0.2) is 18.7 Å². The smallest absolute Gasteiger partial charge is 0.219 e. The van der Waals surface area contributed by atoms with Gasteiger partial charge in [-0.05, 0) is 19.3 Å². The second-order valence-electron chi connectivity index (χ2n) is 3.12. The Balaban J connectivity index is 3.12. The molecule has 1 N–H and O–H groups in total. The summed E-state index contributed by atoms with van der Waals surface area (Å²) in [5, 5.41) is 2.82. The predicted molar refractivity (Wildman–Crippen MR) is 52.4 cm³/mol. The van der Waals surface area contributed by atoms with Crippen LogP contribution in [0, 0.1) is 0 Å². The molecule has 0 heterocycles. The van der Waals surface area contributed by atoms with Crippen LogP contribution in [0.2, 0.25) is 0 Å². The van der Waals surface area contributed by atoms with Gasteiger partial charge >= 0.3 is 0 Å². The highest BCUT2D eigenvalue weighted by Crippen LogP contribution is 1.94. The summed E-state index contributed by atoms with van der Waals surface area (Å²) in [6, 6.07) is 0. The maximum absolute atomic E-state index is 11.1. The van der Waals surface area contributed by atoms with Crippen LogP contribution in [0.4, 0.5) is 0 Å². The summed E-state index contributed by atoms with van der Waals surface area (Å²) < 4.78 is 0. The molecular weight excluding hydrogens is 166 g/mol. The van der Waals surface area contributed by atoms with Gasteiger partial charge in [0, 0.05) is 19.4 Å². The third-order valence-electron chi connectivity index (χ3n) is 1.83. The summed E-state index contributed by atoms with van der Waals surface area (Å²) in [5.41, 5.74) is 0. The van der Waals surface area contributed by atoms with Crippen LogP contribution in [0.15, 0.2) is 0 Å². The van der Waals surface area contributed by atoms with Gasteiger partial charge in [-0.25, -0.2) is 0 Å². The Kier molecular flexibility index (Phi) is 8.62. The zero-order valence-corrected chi connectivity index (χ0v) is 8.34. The lowest BCUT2D eigenvalue weighted by atomic mass is 10.2. The Morgan fingerprint density at radius 1 is 1.31 bits per heavy atom. The van der Waals surface area contributed by atoms with Crippen molar-refractivity contribution in [3.63, 3.8) is 0 Å². The molecule has 0 bridgehead atoms. The lowest BCUT2D eigenvalue weighted by molar-refractivity contribution is -0.121. The number of carbonyl (C=O) groups is 2. The molecule has 0 radical (unpaired) electrons. The Labute approximate surface area is 79.9 Å². The van der Waals surface area contributed by atoms with Gasteiger partial charge < -0.3 is 10.1 Å². The van der Waals surface area contributed by atoms with Crippen molar-refractivity contribution in [3.05, 3.63) is 0 Å². The molecule has 0 atom stereocenters. The topological polar surface area (TPSA) is 46.2 Å². The van der Waals surface area contributed by atoms with Gasteiger partial charge in [0.25, 0.3) is 0 Å². The van der Waals surface area contributed by atoms with Crippen LogP contribution >= 0.6 is 0 Å². The predicted octanol–water partition coefficient (Wildman–Crippen LogP) is 1.66. The number of rotatable bonds is 8. The SMILES string of the molecule is CCCCC(=O)NCCCCC=O. The van der Waals surface area contributed by atoms with Crippen molar-refractivity contribution in [2.45, 2.75) is 45.4 Å². The molecule has 0 saturated carbocycles. The quantitative estimate of drug-likeness (QED) is 0.462. The third kappa shape index (κ3) is 9.05. The fraction of sp³-hybridized carbons (Fsp3) is 0.800. The van der Waals surface area contributed by atoms with E-state index in [9.17, 15) is 9.59 Å². The minimum absolute atomic E-state index is 0.132. The van der Waals surface area contributed by atoms with Gasteiger partial charge in [-0.3, -0.25) is 4.79 Å². The summed E-state index contributed by atoms with van der Waals surface area (Å²) in [7, 11) is 0. The maximum Gasteiger partial charge on any atom is 0.219 e. The molecule has 0 fully saturated rings. The molecular formula is C10H19NO2. The van der Waals surface area contributed by atoms with Crippen LogP contribution in [0.1, 0.15) is 45.4 Å². The van der Waals surface area contributed by atoms with Crippen molar-refractivity contribution in [2.24, 2.45) is 0 Å². The van der Waals surface area contributed by atoms with Gasteiger partial charge in [-0.15, -0.1) is 0 Å². The molecule has 0 rings (SSSR count). The summed E-state index contributed by atoms with van der Waals surface area (Å²) in [4.78, 5) is 21.0.